The van der Waals surface area contributed by atoms with Crippen molar-refractivity contribution in [3.63, 3.8) is 0 Å². The van der Waals surface area contributed by atoms with E-state index in [0.29, 0.717) is 6.42 Å². The Morgan fingerprint density at radius 2 is 1.45 bits per heavy atom. The highest BCUT2D eigenvalue weighted by atomic mass is 16.3. The van der Waals surface area contributed by atoms with Crippen LogP contribution in [0.1, 0.15) is 37.5 Å². The van der Waals surface area contributed by atoms with Crippen LogP contribution in [0.25, 0.3) is 11.1 Å². The number of hydrogen-bond donors (Lipinski definition) is 2. The summed E-state index contributed by atoms with van der Waals surface area (Å²) in [6.07, 6.45) is 2.50. The van der Waals surface area contributed by atoms with Gasteiger partial charge in [0, 0.05) is 5.56 Å². The summed E-state index contributed by atoms with van der Waals surface area (Å²) in [6.45, 7) is 6.22. The number of hydrogen-bond acceptors (Lipinski definition) is 2. The number of aromatic hydroxyl groups is 2. The first-order valence-electron chi connectivity index (χ1n) is 7.28. The fourth-order valence-corrected chi connectivity index (χ4v) is 2.87. The van der Waals surface area contributed by atoms with Crippen LogP contribution in [0.2, 0.25) is 0 Å². The maximum atomic E-state index is 10.1. The molecule has 0 heterocycles. The maximum Gasteiger partial charge on any atom is 0.160 e. The van der Waals surface area contributed by atoms with Gasteiger partial charge in [0.1, 0.15) is 0 Å². The van der Waals surface area contributed by atoms with Crippen molar-refractivity contribution in [1.82, 2.24) is 0 Å². The molecule has 0 saturated carbocycles. The van der Waals surface area contributed by atoms with Crippen LogP contribution in [0, 0.1) is 0 Å². The molecule has 2 rings (SSSR count). The molecule has 2 N–H and O–H groups in total. The molecule has 2 heteroatoms. The highest BCUT2D eigenvalue weighted by Gasteiger charge is 2.17. The van der Waals surface area contributed by atoms with Gasteiger partial charge >= 0.3 is 0 Å². The van der Waals surface area contributed by atoms with Crippen molar-refractivity contribution < 1.29 is 10.2 Å². The average molecular weight is 270 g/mol. The summed E-state index contributed by atoms with van der Waals surface area (Å²) in [4.78, 5) is 0. The van der Waals surface area contributed by atoms with Gasteiger partial charge in [-0.1, -0.05) is 45.0 Å². The maximum absolute atomic E-state index is 10.1. The molecular formula is C18H22O2. The number of phenolic OH excluding ortho intramolecular Hbond substituents is 2. The molecule has 2 aromatic carbocycles. The van der Waals surface area contributed by atoms with E-state index in [9.17, 15) is 10.2 Å². The number of aryl methyl sites for hydroxylation is 1. The predicted octanol–water partition coefficient (Wildman–Crippen LogP) is 4.45. The van der Waals surface area contributed by atoms with Crippen LogP contribution in [0.3, 0.4) is 0 Å². The average Bonchev–Trinajstić information content (AvgIpc) is 2.49. The van der Waals surface area contributed by atoms with E-state index < -0.39 is 0 Å². The lowest BCUT2D eigenvalue weighted by molar-refractivity contribution is 0.399. The first-order chi connectivity index (χ1) is 9.63. The van der Waals surface area contributed by atoms with Gasteiger partial charge in [0.15, 0.2) is 11.5 Å². The Kier molecular flexibility index (Phi) is 4.33. The Balaban J connectivity index is 2.77. The molecule has 106 valence electrons. The summed E-state index contributed by atoms with van der Waals surface area (Å²) < 4.78 is 0. The molecule has 0 aliphatic heterocycles. The van der Waals surface area contributed by atoms with E-state index in [1.807, 2.05) is 19.1 Å². The molecule has 0 unspecified atom stereocenters. The summed E-state index contributed by atoms with van der Waals surface area (Å²) in [5.74, 6) is 0.00188. The Morgan fingerprint density at radius 3 is 2.05 bits per heavy atom. The van der Waals surface area contributed by atoms with Crippen LogP contribution in [0.4, 0.5) is 0 Å². The lowest BCUT2D eigenvalue weighted by Gasteiger charge is -2.18. The van der Waals surface area contributed by atoms with E-state index in [1.54, 1.807) is 6.07 Å². The van der Waals surface area contributed by atoms with E-state index in [4.69, 9.17) is 0 Å². The van der Waals surface area contributed by atoms with E-state index in [2.05, 4.69) is 26.0 Å². The molecule has 2 aromatic rings. The zero-order chi connectivity index (χ0) is 14.7. The summed E-state index contributed by atoms with van der Waals surface area (Å²) >= 11 is 0. The smallest absolute Gasteiger partial charge is 0.160 e. The summed E-state index contributed by atoms with van der Waals surface area (Å²) in [6, 6.07) is 9.95. The Labute approximate surface area is 120 Å². The second-order valence-electron chi connectivity index (χ2n) is 4.97. The fraction of sp³-hybridized carbons (Fsp3) is 0.333. The molecule has 0 aromatic heterocycles. The zero-order valence-electron chi connectivity index (χ0n) is 12.4. The molecule has 0 saturated heterocycles. The quantitative estimate of drug-likeness (QED) is 0.806. The largest absolute Gasteiger partial charge is 0.504 e. The van der Waals surface area contributed by atoms with Gasteiger partial charge < -0.3 is 10.2 Å². The Bertz CT molecular complexity index is 615. The normalized spacial score (nSPS) is 10.8. The number of rotatable bonds is 4. The first kappa shape index (κ1) is 14.4. The Hall–Kier alpha value is -1.96. The summed E-state index contributed by atoms with van der Waals surface area (Å²) in [7, 11) is 0. The lowest BCUT2D eigenvalue weighted by Crippen LogP contribution is -1.98. The topological polar surface area (TPSA) is 40.5 Å². The van der Waals surface area contributed by atoms with Crippen molar-refractivity contribution in [3.05, 3.63) is 47.0 Å². The van der Waals surface area contributed by atoms with Gasteiger partial charge in [-0.25, -0.2) is 0 Å². The third-order valence-corrected chi connectivity index (χ3v) is 3.89. The zero-order valence-corrected chi connectivity index (χ0v) is 12.4. The Morgan fingerprint density at radius 1 is 0.800 bits per heavy atom. The van der Waals surface area contributed by atoms with Crippen LogP contribution >= 0.6 is 0 Å². The van der Waals surface area contributed by atoms with Crippen LogP contribution in [-0.2, 0) is 19.3 Å². The van der Waals surface area contributed by atoms with Crippen LogP contribution in [0.5, 0.6) is 11.5 Å². The van der Waals surface area contributed by atoms with E-state index >= 15 is 0 Å². The van der Waals surface area contributed by atoms with Gasteiger partial charge in [-0.05, 0) is 47.6 Å². The minimum atomic E-state index is -0.0278. The van der Waals surface area contributed by atoms with Crippen molar-refractivity contribution >= 4 is 0 Å². The summed E-state index contributed by atoms with van der Waals surface area (Å²) in [5.41, 5.74) is 5.43. The molecule has 20 heavy (non-hydrogen) atoms. The van der Waals surface area contributed by atoms with Gasteiger partial charge in [0.05, 0.1) is 0 Å². The molecule has 0 atom stereocenters. The van der Waals surface area contributed by atoms with Crippen LogP contribution in [-0.4, -0.2) is 10.2 Å². The van der Waals surface area contributed by atoms with E-state index in [0.717, 1.165) is 35.1 Å². The van der Waals surface area contributed by atoms with Gasteiger partial charge in [0.25, 0.3) is 0 Å². The molecule has 0 spiro atoms. The first-order valence-corrected chi connectivity index (χ1v) is 7.28. The monoisotopic (exact) mass is 270 g/mol. The second kappa shape index (κ2) is 6.00. The minimum absolute atomic E-state index is 0.0278. The number of benzene rings is 2. The van der Waals surface area contributed by atoms with Crippen LogP contribution < -0.4 is 0 Å². The van der Waals surface area contributed by atoms with Gasteiger partial charge in [-0.2, -0.15) is 0 Å². The van der Waals surface area contributed by atoms with Crippen LogP contribution in [0.15, 0.2) is 30.3 Å². The van der Waals surface area contributed by atoms with Gasteiger partial charge in [-0.3, -0.25) is 0 Å². The van der Waals surface area contributed by atoms with Crippen molar-refractivity contribution in [3.8, 4) is 22.6 Å². The van der Waals surface area contributed by atoms with Gasteiger partial charge in [0.2, 0.25) is 0 Å². The SMILES string of the molecule is CCc1ccccc1-c1cc(O)c(O)c(CC)c1CC. The molecule has 0 aliphatic rings. The highest BCUT2D eigenvalue weighted by molar-refractivity contribution is 5.75. The predicted molar refractivity (Wildman–Crippen MR) is 83.3 cm³/mol. The van der Waals surface area contributed by atoms with Crippen molar-refractivity contribution in [2.24, 2.45) is 0 Å². The van der Waals surface area contributed by atoms with Crippen molar-refractivity contribution in [1.29, 1.82) is 0 Å². The third-order valence-electron chi connectivity index (χ3n) is 3.89. The van der Waals surface area contributed by atoms with Gasteiger partial charge in [-0.15, -0.1) is 0 Å². The molecule has 0 radical (unpaired) electrons. The van der Waals surface area contributed by atoms with E-state index in [1.165, 1.54) is 5.56 Å². The minimum Gasteiger partial charge on any atom is -0.504 e. The standard InChI is InChI=1S/C18H22O2/c1-4-12-9-7-8-10-15(12)16-11-17(19)18(20)14(6-3)13(16)5-2/h7-11,19-20H,4-6H2,1-3H3. The second-order valence-corrected chi connectivity index (χ2v) is 4.97. The molecule has 0 amide bonds. The van der Waals surface area contributed by atoms with E-state index in [-0.39, 0.29) is 11.5 Å². The molecule has 0 fully saturated rings. The molecule has 0 aliphatic carbocycles. The van der Waals surface area contributed by atoms with Crippen molar-refractivity contribution in [2.75, 3.05) is 0 Å². The lowest BCUT2D eigenvalue weighted by atomic mass is 9.88. The molecule has 2 nitrogen and oxygen atoms in total. The third kappa shape index (κ3) is 2.38. The van der Waals surface area contributed by atoms with Crippen molar-refractivity contribution in [2.45, 2.75) is 40.0 Å². The summed E-state index contributed by atoms with van der Waals surface area (Å²) in [5, 5.41) is 20.1. The number of phenols is 2. The fourth-order valence-electron chi connectivity index (χ4n) is 2.87. The molecular weight excluding hydrogens is 248 g/mol. The highest BCUT2D eigenvalue weighted by Crippen LogP contribution is 2.40. The molecule has 0 bridgehead atoms.